The lowest BCUT2D eigenvalue weighted by Gasteiger charge is -2.11. The standard InChI is InChI=1S/C20H21ClN4O2/c1-3-7-17-19(23-24-25(17)15-12-10-14(21)11-13-15)20(26)22-16-8-5-6-9-18(16)27-4-2/h5-6,8-13H,3-4,7H2,1-2H3,(H,22,26). The Morgan fingerprint density at radius 1 is 1.15 bits per heavy atom. The van der Waals surface area contributed by atoms with Crippen LogP contribution >= 0.6 is 11.6 Å². The molecule has 3 rings (SSSR count). The summed E-state index contributed by atoms with van der Waals surface area (Å²) in [6.45, 7) is 4.46. The van der Waals surface area contributed by atoms with E-state index in [1.807, 2.05) is 44.2 Å². The van der Waals surface area contributed by atoms with Crippen molar-refractivity contribution in [2.45, 2.75) is 26.7 Å². The van der Waals surface area contributed by atoms with Gasteiger partial charge in [0.05, 0.1) is 23.7 Å². The zero-order valence-corrected chi connectivity index (χ0v) is 16.0. The second-order valence-electron chi connectivity index (χ2n) is 5.91. The molecule has 1 N–H and O–H groups in total. The minimum Gasteiger partial charge on any atom is -0.492 e. The smallest absolute Gasteiger partial charge is 0.278 e. The highest BCUT2D eigenvalue weighted by Crippen LogP contribution is 2.25. The Morgan fingerprint density at radius 3 is 2.59 bits per heavy atom. The number of benzene rings is 2. The number of nitrogens with one attached hydrogen (secondary N) is 1. The third-order valence-corrected chi connectivity index (χ3v) is 4.22. The van der Waals surface area contributed by atoms with Crippen LogP contribution in [0.1, 0.15) is 36.5 Å². The molecule has 0 aliphatic rings. The van der Waals surface area contributed by atoms with Crippen molar-refractivity contribution in [2.24, 2.45) is 0 Å². The van der Waals surface area contributed by atoms with Crippen LogP contribution in [0, 0.1) is 0 Å². The van der Waals surface area contributed by atoms with Crippen molar-refractivity contribution < 1.29 is 9.53 Å². The van der Waals surface area contributed by atoms with Crippen LogP contribution in [-0.2, 0) is 6.42 Å². The summed E-state index contributed by atoms with van der Waals surface area (Å²) in [6.07, 6.45) is 1.53. The Bertz CT molecular complexity index is 922. The van der Waals surface area contributed by atoms with E-state index < -0.39 is 0 Å². The van der Waals surface area contributed by atoms with Crippen molar-refractivity contribution in [1.29, 1.82) is 0 Å². The molecule has 0 saturated heterocycles. The van der Waals surface area contributed by atoms with Crippen molar-refractivity contribution in [3.05, 3.63) is 64.9 Å². The van der Waals surface area contributed by atoms with Crippen molar-refractivity contribution in [3.8, 4) is 11.4 Å². The molecule has 0 spiro atoms. The fourth-order valence-corrected chi connectivity index (χ4v) is 2.89. The first-order valence-electron chi connectivity index (χ1n) is 8.87. The molecule has 1 aromatic heterocycles. The fraction of sp³-hybridized carbons (Fsp3) is 0.250. The van der Waals surface area contributed by atoms with Crippen LogP contribution in [0.4, 0.5) is 5.69 Å². The Morgan fingerprint density at radius 2 is 1.89 bits per heavy atom. The molecule has 0 atom stereocenters. The van der Waals surface area contributed by atoms with Gasteiger partial charge in [-0.25, -0.2) is 4.68 Å². The van der Waals surface area contributed by atoms with Crippen LogP contribution in [-0.4, -0.2) is 27.5 Å². The van der Waals surface area contributed by atoms with Crippen molar-refractivity contribution >= 4 is 23.2 Å². The zero-order valence-electron chi connectivity index (χ0n) is 15.3. The topological polar surface area (TPSA) is 69.0 Å². The fourth-order valence-electron chi connectivity index (χ4n) is 2.76. The lowest BCUT2D eigenvalue weighted by Crippen LogP contribution is -2.16. The molecular formula is C20H21ClN4O2. The number of carbonyl (C=O) groups excluding carboxylic acids is 1. The lowest BCUT2D eigenvalue weighted by molar-refractivity contribution is 0.102. The van der Waals surface area contributed by atoms with Crippen LogP contribution in [0.25, 0.3) is 5.69 Å². The third kappa shape index (κ3) is 4.28. The predicted molar refractivity (Wildman–Crippen MR) is 106 cm³/mol. The maximum Gasteiger partial charge on any atom is 0.278 e. The largest absolute Gasteiger partial charge is 0.492 e. The van der Waals surface area contributed by atoms with E-state index in [0.29, 0.717) is 35.2 Å². The van der Waals surface area contributed by atoms with Gasteiger partial charge in [0.1, 0.15) is 5.75 Å². The first kappa shape index (κ1) is 18.9. The van der Waals surface area contributed by atoms with Crippen LogP contribution < -0.4 is 10.1 Å². The summed E-state index contributed by atoms with van der Waals surface area (Å²) in [6, 6.07) is 14.6. The number of ether oxygens (including phenoxy) is 1. The number of aromatic nitrogens is 3. The van der Waals surface area contributed by atoms with E-state index in [1.54, 1.807) is 22.9 Å². The summed E-state index contributed by atoms with van der Waals surface area (Å²) in [7, 11) is 0. The maximum absolute atomic E-state index is 12.9. The third-order valence-electron chi connectivity index (χ3n) is 3.97. The number of amides is 1. The Balaban J connectivity index is 1.92. The van der Waals surface area contributed by atoms with Crippen molar-refractivity contribution in [2.75, 3.05) is 11.9 Å². The number of anilines is 1. The molecule has 1 amide bonds. The molecule has 0 unspecified atom stereocenters. The van der Waals surface area contributed by atoms with E-state index >= 15 is 0 Å². The van der Waals surface area contributed by atoms with Gasteiger partial charge in [-0.3, -0.25) is 4.79 Å². The SMILES string of the molecule is CCCc1c(C(=O)Nc2ccccc2OCC)nnn1-c1ccc(Cl)cc1. The average Bonchev–Trinajstić information content (AvgIpc) is 3.08. The van der Waals surface area contributed by atoms with E-state index in [9.17, 15) is 4.79 Å². The van der Waals surface area contributed by atoms with Crippen molar-refractivity contribution in [3.63, 3.8) is 0 Å². The number of rotatable bonds is 7. The summed E-state index contributed by atoms with van der Waals surface area (Å²) in [5.41, 5.74) is 2.47. The normalized spacial score (nSPS) is 10.6. The zero-order chi connectivity index (χ0) is 19.2. The number of nitrogens with zero attached hydrogens (tertiary/aromatic N) is 3. The first-order valence-corrected chi connectivity index (χ1v) is 9.25. The number of halogens is 1. The Hall–Kier alpha value is -2.86. The monoisotopic (exact) mass is 384 g/mol. The van der Waals surface area contributed by atoms with Gasteiger partial charge in [-0.15, -0.1) is 5.10 Å². The summed E-state index contributed by atoms with van der Waals surface area (Å²) >= 11 is 5.97. The predicted octanol–water partition coefficient (Wildman–Crippen LogP) is 4.52. The van der Waals surface area contributed by atoms with E-state index in [4.69, 9.17) is 16.3 Å². The molecule has 3 aromatic rings. The molecule has 0 radical (unpaired) electrons. The van der Waals surface area contributed by atoms with E-state index in [1.165, 1.54) is 0 Å². The molecule has 1 heterocycles. The Labute approximate surface area is 163 Å². The van der Waals surface area contributed by atoms with E-state index in [2.05, 4.69) is 15.6 Å². The van der Waals surface area contributed by atoms with Gasteiger partial charge < -0.3 is 10.1 Å². The van der Waals surface area contributed by atoms with Gasteiger partial charge in [0.2, 0.25) is 0 Å². The van der Waals surface area contributed by atoms with Gasteiger partial charge in [-0.05, 0) is 49.7 Å². The molecule has 140 valence electrons. The average molecular weight is 385 g/mol. The van der Waals surface area contributed by atoms with Gasteiger partial charge in [-0.2, -0.15) is 0 Å². The highest BCUT2D eigenvalue weighted by molar-refractivity contribution is 6.30. The Kier molecular flexibility index (Phi) is 6.08. The summed E-state index contributed by atoms with van der Waals surface area (Å²) < 4.78 is 7.25. The molecule has 6 nitrogen and oxygen atoms in total. The summed E-state index contributed by atoms with van der Waals surface area (Å²) in [5.74, 6) is 0.307. The second-order valence-corrected chi connectivity index (χ2v) is 6.34. The van der Waals surface area contributed by atoms with Crippen LogP contribution in [0.15, 0.2) is 48.5 Å². The quantitative estimate of drug-likeness (QED) is 0.650. The molecule has 27 heavy (non-hydrogen) atoms. The maximum atomic E-state index is 12.9. The molecular weight excluding hydrogens is 364 g/mol. The van der Waals surface area contributed by atoms with Gasteiger partial charge in [0.25, 0.3) is 5.91 Å². The summed E-state index contributed by atoms with van der Waals surface area (Å²) in [4.78, 5) is 12.9. The van der Waals surface area contributed by atoms with Gasteiger partial charge >= 0.3 is 0 Å². The van der Waals surface area contributed by atoms with Gasteiger partial charge in [0, 0.05) is 5.02 Å². The van der Waals surface area contributed by atoms with Crippen molar-refractivity contribution in [1.82, 2.24) is 15.0 Å². The van der Waals surface area contributed by atoms with Crippen LogP contribution in [0.2, 0.25) is 5.02 Å². The minimum atomic E-state index is -0.314. The summed E-state index contributed by atoms with van der Waals surface area (Å²) in [5, 5.41) is 11.8. The second kappa shape index (κ2) is 8.68. The van der Waals surface area contributed by atoms with Crippen LogP contribution in [0.3, 0.4) is 0 Å². The molecule has 0 fully saturated rings. The molecule has 0 aliphatic heterocycles. The van der Waals surface area contributed by atoms with Crippen LogP contribution in [0.5, 0.6) is 5.75 Å². The molecule has 0 saturated carbocycles. The van der Waals surface area contributed by atoms with Gasteiger partial charge in [-0.1, -0.05) is 42.3 Å². The molecule has 7 heteroatoms. The number of para-hydroxylation sites is 2. The minimum absolute atomic E-state index is 0.304. The molecule has 0 bridgehead atoms. The van der Waals surface area contributed by atoms with E-state index in [0.717, 1.165) is 17.8 Å². The molecule has 2 aromatic carbocycles. The number of hydrogen-bond acceptors (Lipinski definition) is 4. The molecule has 0 aliphatic carbocycles. The highest BCUT2D eigenvalue weighted by atomic mass is 35.5. The van der Waals surface area contributed by atoms with E-state index in [-0.39, 0.29) is 5.91 Å². The first-order chi connectivity index (χ1) is 13.1. The lowest BCUT2D eigenvalue weighted by atomic mass is 10.2. The number of hydrogen-bond donors (Lipinski definition) is 1. The number of carbonyl (C=O) groups is 1. The highest BCUT2D eigenvalue weighted by Gasteiger charge is 2.21. The van der Waals surface area contributed by atoms with Gasteiger partial charge in [0.15, 0.2) is 5.69 Å².